The summed E-state index contributed by atoms with van der Waals surface area (Å²) in [4.78, 5) is 74.3. The number of Topliss-reactive ketones (excluding diaryl/α,β-unsaturated/α-hetero) is 2. The average Bonchev–Trinajstić information content (AvgIpc) is 3.47. The van der Waals surface area contributed by atoms with E-state index in [2.05, 4.69) is 10.6 Å². The lowest BCUT2D eigenvalue weighted by molar-refractivity contribution is -0.132. The van der Waals surface area contributed by atoms with E-state index in [1.807, 2.05) is 36.0 Å². The van der Waals surface area contributed by atoms with Gasteiger partial charge in [-0.25, -0.2) is 0 Å². The van der Waals surface area contributed by atoms with Crippen molar-refractivity contribution < 1.29 is 28.7 Å². The van der Waals surface area contributed by atoms with E-state index in [-0.39, 0.29) is 54.3 Å². The van der Waals surface area contributed by atoms with Crippen LogP contribution in [0.5, 0.6) is 11.5 Å². The Hall–Kier alpha value is -5.46. The molecule has 258 valence electrons. The van der Waals surface area contributed by atoms with Gasteiger partial charge in [0.2, 0.25) is 5.91 Å². The van der Waals surface area contributed by atoms with Crippen molar-refractivity contribution in [1.82, 2.24) is 24.3 Å². The van der Waals surface area contributed by atoms with Gasteiger partial charge >= 0.3 is 0 Å². The number of aryl methyl sites for hydroxylation is 2. The number of hydrogen-bond donors (Lipinski definition) is 2. The zero-order chi connectivity index (χ0) is 35.2. The molecule has 1 unspecified atom stereocenters. The third-order valence-corrected chi connectivity index (χ3v) is 8.90. The van der Waals surface area contributed by atoms with Crippen LogP contribution in [0.15, 0.2) is 58.5 Å². The maximum atomic E-state index is 12.7. The van der Waals surface area contributed by atoms with Crippen LogP contribution in [0.1, 0.15) is 60.5 Å². The summed E-state index contributed by atoms with van der Waals surface area (Å²) in [6.07, 6.45) is 7.14. The summed E-state index contributed by atoms with van der Waals surface area (Å²) >= 11 is 0. The number of methoxy groups -OCH3 is 2. The number of nitrogens with zero attached hydrogens (tertiary/aromatic N) is 3. The lowest BCUT2D eigenvalue weighted by atomic mass is 9.92. The second-order valence-electron chi connectivity index (χ2n) is 12.2. The number of ketones is 2. The van der Waals surface area contributed by atoms with Gasteiger partial charge in [0.05, 0.1) is 32.2 Å². The molecule has 3 aromatic heterocycles. The number of rotatable bonds is 13. The summed E-state index contributed by atoms with van der Waals surface area (Å²) in [5.41, 5.74) is 2.90. The lowest BCUT2D eigenvalue weighted by Crippen LogP contribution is -2.35. The molecule has 0 aliphatic heterocycles. The van der Waals surface area contributed by atoms with Crippen LogP contribution in [0.2, 0.25) is 0 Å². The Morgan fingerprint density at radius 3 is 2.31 bits per heavy atom. The minimum absolute atomic E-state index is 0.0833. The Kier molecular flexibility index (Phi) is 10.8. The number of benzene rings is 1. The van der Waals surface area contributed by atoms with E-state index in [0.717, 1.165) is 22.1 Å². The first kappa shape index (κ1) is 34.9. The Morgan fingerprint density at radius 2 is 1.61 bits per heavy atom. The first-order valence-corrected chi connectivity index (χ1v) is 16.2. The van der Waals surface area contributed by atoms with Gasteiger partial charge in [0.25, 0.3) is 17.0 Å². The highest BCUT2D eigenvalue weighted by molar-refractivity contribution is 6.03. The normalized spacial score (nSPS) is 14.6. The van der Waals surface area contributed by atoms with Crippen LogP contribution in [0.4, 0.5) is 0 Å². The number of amides is 2. The van der Waals surface area contributed by atoms with Gasteiger partial charge in [-0.05, 0) is 55.5 Å². The Morgan fingerprint density at radius 1 is 0.898 bits per heavy atom. The van der Waals surface area contributed by atoms with Crippen LogP contribution < -0.4 is 31.2 Å². The standard InChI is InChI=1S/C36H41N5O8/c1-39-16-13-25-27(21-40(2)36(47)34(25)39)23-17-30(48-3)26(31(18-23)49-4)7-5-8-32(44)37-14-6-15-38-35(46)22-9-12-33(45)41(20-22)28-11-10-24(42)19-29(28)43/h9,12-13,16-18,20-21,28H,5-8,10-11,14-15,19H2,1-4H3,(H,37,44)(H,38,46). The van der Waals surface area contributed by atoms with Crippen LogP contribution in [-0.2, 0) is 34.9 Å². The topological polar surface area (TPSA) is 160 Å². The van der Waals surface area contributed by atoms with E-state index in [0.29, 0.717) is 49.4 Å². The molecular formula is C36H41N5O8. The third-order valence-electron chi connectivity index (χ3n) is 8.90. The van der Waals surface area contributed by atoms with Gasteiger partial charge in [0, 0.05) is 81.2 Å². The maximum Gasteiger partial charge on any atom is 0.274 e. The molecule has 1 saturated carbocycles. The second-order valence-corrected chi connectivity index (χ2v) is 12.2. The predicted octanol–water partition coefficient (Wildman–Crippen LogP) is 2.85. The molecule has 0 bridgehead atoms. The number of hydrogen-bond acceptors (Lipinski definition) is 8. The van der Waals surface area contributed by atoms with Gasteiger partial charge in [-0.3, -0.25) is 28.8 Å². The fraction of sp³-hybridized carbons (Fsp3) is 0.389. The van der Waals surface area contributed by atoms with Gasteiger partial charge in [0.15, 0.2) is 5.78 Å². The van der Waals surface area contributed by atoms with Crippen LogP contribution in [0.3, 0.4) is 0 Å². The molecule has 0 saturated heterocycles. The van der Waals surface area contributed by atoms with Crippen molar-refractivity contribution in [3.8, 4) is 22.6 Å². The lowest BCUT2D eigenvalue weighted by Gasteiger charge is -2.22. The van der Waals surface area contributed by atoms with Crippen molar-refractivity contribution in [1.29, 1.82) is 0 Å². The number of aromatic nitrogens is 3. The van der Waals surface area contributed by atoms with Crippen LogP contribution in [0.25, 0.3) is 22.0 Å². The summed E-state index contributed by atoms with van der Waals surface area (Å²) in [6, 6.07) is 7.66. The first-order chi connectivity index (χ1) is 23.5. The summed E-state index contributed by atoms with van der Waals surface area (Å²) in [6.45, 7) is 0.652. The third kappa shape index (κ3) is 7.66. The Balaban J connectivity index is 1.11. The quantitative estimate of drug-likeness (QED) is 0.162. The maximum absolute atomic E-state index is 12.7. The SMILES string of the molecule is COc1cc(-c2cn(C)c(=O)c3c2ccn3C)cc(OC)c1CCCC(=O)NCCCNC(=O)c1ccc(=O)n(C2CCC(=O)CC2=O)c1. The monoisotopic (exact) mass is 671 g/mol. The molecule has 0 spiro atoms. The molecule has 13 heteroatoms. The number of nitrogens with one attached hydrogen (secondary N) is 2. The Bertz CT molecular complexity index is 2010. The van der Waals surface area contributed by atoms with Gasteiger partial charge < -0.3 is 33.8 Å². The number of fused-ring (bicyclic) bond motifs is 1. The van der Waals surface area contributed by atoms with Crippen LogP contribution >= 0.6 is 0 Å². The minimum atomic E-state index is -0.748. The van der Waals surface area contributed by atoms with E-state index in [4.69, 9.17) is 9.47 Å². The molecule has 49 heavy (non-hydrogen) atoms. The summed E-state index contributed by atoms with van der Waals surface area (Å²) < 4.78 is 16.1. The highest BCUT2D eigenvalue weighted by atomic mass is 16.5. The number of carbonyl (C=O) groups is 4. The van der Waals surface area contributed by atoms with E-state index >= 15 is 0 Å². The highest BCUT2D eigenvalue weighted by Crippen LogP contribution is 2.38. The second kappa shape index (κ2) is 15.2. The molecule has 4 aromatic rings. The highest BCUT2D eigenvalue weighted by Gasteiger charge is 2.29. The largest absolute Gasteiger partial charge is 0.496 e. The molecule has 1 fully saturated rings. The molecule has 0 radical (unpaired) electrons. The van der Waals surface area contributed by atoms with E-state index in [1.165, 1.54) is 22.9 Å². The molecule has 13 nitrogen and oxygen atoms in total. The Labute approximate surface area is 282 Å². The number of ether oxygens (including phenoxy) is 2. The molecule has 1 aliphatic carbocycles. The van der Waals surface area contributed by atoms with Crippen molar-refractivity contribution in [2.45, 2.75) is 51.0 Å². The molecule has 1 atom stereocenters. The fourth-order valence-electron chi connectivity index (χ4n) is 6.29. The van der Waals surface area contributed by atoms with E-state index in [9.17, 15) is 28.8 Å². The molecule has 1 aliphatic rings. The molecule has 3 heterocycles. The molecule has 1 aromatic carbocycles. The average molecular weight is 672 g/mol. The van der Waals surface area contributed by atoms with Crippen molar-refractivity contribution in [3.05, 3.63) is 80.8 Å². The van der Waals surface area contributed by atoms with Crippen molar-refractivity contribution in [2.75, 3.05) is 27.3 Å². The molecule has 2 amide bonds. The van der Waals surface area contributed by atoms with Gasteiger partial charge in [-0.15, -0.1) is 0 Å². The molecule has 5 rings (SSSR count). The summed E-state index contributed by atoms with van der Waals surface area (Å²) in [5, 5.41) is 6.48. The van der Waals surface area contributed by atoms with Crippen LogP contribution in [0, 0.1) is 0 Å². The zero-order valence-corrected chi connectivity index (χ0v) is 28.2. The zero-order valence-electron chi connectivity index (χ0n) is 28.2. The minimum Gasteiger partial charge on any atom is -0.496 e. The van der Waals surface area contributed by atoms with Gasteiger partial charge in [-0.1, -0.05) is 0 Å². The summed E-state index contributed by atoms with van der Waals surface area (Å²) in [5.74, 6) is 0.251. The van der Waals surface area contributed by atoms with Crippen molar-refractivity contribution >= 4 is 34.3 Å². The van der Waals surface area contributed by atoms with Crippen molar-refractivity contribution in [2.24, 2.45) is 14.1 Å². The van der Waals surface area contributed by atoms with E-state index < -0.39 is 17.5 Å². The number of carbonyl (C=O) groups excluding carboxylic acids is 4. The molecular weight excluding hydrogens is 630 g/mol. The fourth-order valence-corrected chi connectivity index (χ4v) is 6.29. The van der Waals surface area contributed by atoms with E-state index in [1.54, 1.807) is 32.0 Å². The predicted molar refractivity (Wildman–Crippen MR) is 183 cm³/mol. The van der Waals surface area contributed by atoms with Gasteiger partial charge in [0.1, 0.15) is 22.8 Å². The number of pyridine rings is 2. The smallest absolute Gasteiger partial charge is 0.274 e. The summed E-state index contributed by atoms with van der Waals surface area (Å²) in [7, 11) is 6.74. The van der Waals surface area contributed by atoms with Gasteiger partial charge in [-0.2, -0.15) is 0 Å². The van der Waals surface area contributed by atoms with Crippen molar-refractivity contribution in [3.63, 3.8) is 0 Å². The molecule has 2 N–H and O–H groups in total. The first-order valence-electron chi connectivity index (χ1n) is 16.2. The van der Waals surface area contributed by atoms with Crippen LogP contribution in [-0.4, -0.2) is 64.4 Å².